The van der Waals surface area contributed by atoms with E-state index in [9.17, 15) is 31.2 Å². The van der Waals surface area contributed by atoms with Crippen molar-refractivity contribution in [2.45, 2.75) is 43.5 Å². The molecule has 2 heterocycles. The van der Waals surface area contributed by atoms with Crippen LogP contribution in [0.5, 0.6) is 0 Å². The van der Waals surface area contributed by atoms with Crippen molar-refractivity contribution in [3.8, 4) is 0 Å². The molecule has 2 aromatic carbocycles. The molecule has 1 aliphatic rings. The quantitative estimate of drug-likeness (QED) is 0.349. The number of alkyl carbamates (subject to hydrolysis) is 1. The van der Waals surface area contributed by atoms with Crippen molar-refractivity contribution in [3.63, 3.8) is 0 Å². The molecule has 1 aliphatic heterocycles. The van der Waals surface area contributed by atoms with Gasteiger partial charge in [-0.25, -0.2) is 13.2 Å². The monoisotopic (exact) mass is 630 g/mol. The van der Waals surface area contributed by atoms with Gasteiger partial charge in [0.05, 0.1) is 68.0 Å². The fourth-order valence-corrected chi connectivity index (χ4v) is 6.27. The van der Waals surface area contributed by atoms with E-state index in [0.717, 1.165) is 22.5 Å². The molecule has 0 fully saturated rings. The number of carbonyl (C=O) groups excluding carboxylic acids is 2. The van der Waals surface area contributed by atoms with Crippen molar-refractivity contribution in [2.75, 3.05) is 16.2 Å². The van der Waals surface area contributed by atoms with Gasteiger partial charge in [0.25, 0.3) is 15.9 Å². The Kier molecular flexibility index (Phi) is 8.71. The van der Waals surface area contributed by atoms with Crippen LogP contribution in [0.25, 0.3) is 0 Å². The van der Waals surface area contributed by atoms with Crippen LogP contribution in [-0.2, 0) is 27.4 Å². The van der Waals surface area contributed by atoms with Gasteiger partial charge in [0.2, 0.25) is 0 Å². The fourth-order valence-electron chi connectivity index (χ4n) is 4.13. The molecule has 0 radical (unpaired) electrons. The lowest BCUT2D eigenvalue weighted by atomic mass is 10.0. The molecule has 4 rings (SSSR count). The number of rotatable bonds is 6. The van der Waals surface area contributed by atoms with Gasteiger partial charge in [0, 0.05) is 6.42 Å². The topological polar surface area (TPSA) is 118 Å². The van der Waals surface area contributed by atoms with E-state index in [4.69, 9.17) is 27.9 Å². The number of pyridine rings is 1. The number of carbonyl (C=O) groups is 2. The van der Waals surface area contributed by atoms with Crippen molar-refractivity contribution in [1.29, 1.82) is 0 Å². The largest absolute Gasteiger partial charge is 0.447 e. The zero-order valence-corrected chi connectivity index (χ0v) is 23.8. The van der Waals surface area contributed by atoms with Crippen LogP contribution < -0.4 is 14.9 Å². The highest BCUT2D eigenvalue weighted by Crippen LogP contribution is 2.36. The van der Waals surface area contributed by atoms with Crippen LogP contribution >= 0.6 is 23.2 Å². The molecule has 2 amide bonds. The Morgan fingerprint density at radius 2 is 1.76 bits per heavy atom. The summed E-state index contributed by atoms with van der Waals surface area (Å²) in [5.74, 6) is -0.693. The Balaban J connectivity index is 1.74. The van der Waals surface area contributed by atoms with Crippen molar-refractivity contribution >= 4 is 56.6 Å². The van der Waals surface area contributed by atoms with E-state index in [1.54, 1.807) is 19.9 Å². The predicted octanol–water partition coefficient (Wildman–Crippen LogP) is 5.91. The molecule has 2 N–H and O–H groups in total. The Hall–Kier alpha value is -3.55. The summed E-state index contributed by atoms with van der Waals surface area (Å²) in [6.45, 7) is 2.91. The number of hydrogen-bond acceptors (Lipinski definition) is 6. The van der Waals surface area contributed by atoms with Gasteiger partial charge in [0.1, 0.15) is 0 Å². The lowest BCUT2D eigenvalue weighted by molar-refractivity contribution is -0.137. The summed E-state index contributed by atoms with van der Waals surface area (Å²) in [5, 5.41) is 5.30. The second kappa shape index (κ2) is 11.7. The number of aromatic nitrogens is 1. The Morgan fingerprint density at radius 3 is 2.39 bits per heavy atom. The molecule has 0 spiro atoms. The molecular weight excluding hydrogens is 608 g/mol. The first-order valence-electron chi connectivity index (χ1n) is 12.1. The first-order valence-corrected chi connectivity index (χ1v) is 14.3. The number of alkyl halides is 3. The van der Waals surface area contributed by atoms with Crippen LogP contribution in [-0.4, -0.2) is 44.1 Å². The van der Waals surface area contributed by atoms with E-state index in [-0.39, 0.29) is 45.6 Å². The maximum absolute atomic E-state index is 13.7. The highest BCUT2D eigenvalue weighted by atomic mass is 35.5. The van der Waals surface area contributed by atoms with Crippen molar-refractivity contribution in [2.24, 2.45) is 0 Å². The molecule has 0 bridgehead atoms. The summed E-state index contributed by atoms with van der Waals surface area (Å²) in [5.41, 5.74) is -0.896. The summed E-state index contributed by atoms with van der Waals surface area (Å²) in [6.07, 6.45) is -4.70. The number of sulfonamides is 1. The zero-order valence-electron chi connectivity index (χ0n) is 21.5. The SMILES string of the molecule is CC(C)OC(=O)NC1Cc2ncc(NC(=O)c3c(Cl)cccc3Cl)cc2N(S(=O)(=O)c2cccc(C(F)(F)F)c2)C1. The van der Waals surface area contributed by atoms with Gasteiger partial charge < -0.3 is 15.4 Å². The number of amides is 2. The molecule has 41 heavy (non-hydrogen) atoms. The third kappa shape index (κ3) is 6.85. The number of fused-ring (bicyclic) bond motifs is 1. The van der Waals surface area contributed by atoms with Gasteiger partial charge in [-0.1, -0.05) is 35.3 Å². The number of ether oxygens (including phenoxy) is 1. The molecular formula is C26H23Cl2F3N4O5S. The minimum Gasteiger partial charge on any atom is -0.447 e. The number of anilines is 2. The van der Waals surface area contributed by atoms with Gasteiger partial charge in [-0.05, 0) is 50.2 Å². The molecule has 0 saturated carbocycles. The van der Waals surface area contributed by atoms with Gasteiger partial charge in [-0.2, -0.15) is 13.2 Å². The van der Waals surface area contributed by atoms with E-state index in [1.807, 2.05) is 0 Å². The van der Waals surface area contributed by atoms with E-state index in [0.29, 0.717) is 6.07 Å². The second-order valence-corrected chi connectivity index (χ2v) is 12.0. The lowest BCUT2D eigenvalue weighted by Crippen LogP contribution is -2.50. The van der Waals surface area contributed by atoms with Crippen LogP contribution in [0.3, 0.4) is 0 Å². The molecule has 1 atom stereocenters. The van der Waals surface area contributed by atoms with Crippen molar-refractivity contribution in [1.82, 2.24) is 10.3 Å². The van der Waals surface area contributed by atoms with Crippen LogP contribution in [0.4, 0.5) is 29.3 Å². The van der Waals surface area contributed by atoms with Crippen molar-refractivity contribution in [3.05, 3.63) is 81.6 Å². The minimum atomic E-state index is -4.78. The molecule has 1 unspecified atom stereocenters. The standard InChI is InChI=1S/C26H23Cl2F3N4O5S/c1-14(2)40-25(37)34-17-10-21-22(11-16(12-32-21)33-24(36)23-19(27)7-4-8-20(23)28)35(13-17)41(38,39)18-6-3-5-15(9-18)26(29,30)31/h3-9,11-12,14,17H,10,13H2,1-2H3,(H,33,36)(H,34,37). The predicted molar refractivity (Wildman–Crippen MR) is 147 cm³/mol. The Bertz CT molecular complexity index is 1580. The summed E-state index contributed by atoms with van der Waals surface area (Å²) in [7, 11) is -4.61. The minimum absolute atomic E-state index is 0.000689. The van der Waals surface area contributed by atoms with E-state index in [2.05, 4.69) is 15.6 Å². The van der Waals surface area contributed by atoms with Crippen LogP contribution in [0.15, 0.2) is 59.6 Å². The average molecular weight is 631 g/mol. The Labute approximate surface area is 243 Å². The van der Waals surface area contributed by atoms with E-state index >= 15 is 0 Å². The first-order chi connectivity index (χ1) is 19.2. The highest BCUT2D eigenvalue weighted by Gasteiger charge is 2.37. The molecule has 1 aromatic heterocycles. The lowest BCUT2D eigenvalue weighted by Gasteiger charge is -2.35. The van der Waals surface area contributed by atoms with Crippen LogP contribution in [0.2, 0.25) is 10.0 Å². The molecule has 9 nitrogen and oxygen atoms in total. The zero-order chi connectivity index (χ0) is 30.1. The maximum Gasteiger partial charge on any atom is 0.416 e. The number of halogens is 5. The number of nitrogens with one attached hydrogen (secondary N) is 2. The van der Waals surface area contributed by atoms with Gasteiger partial charge in [0.15, 0.2) is 0 Å². The fraction of sp³-hybridized carbons (Fsp3) is 0.269. The maximum atomic E-state index is 13.7. The number of benzene rings is 2. The normalized spacial score (nSPS) is 15.3. The third-order valence-corrected chi connectivity index (χ3v) is 8.31. The molecule has 0 saturated heterocycles. The van der Waals surface area contributed by atoms with Gasteiger partial charge in [-0.15, -0.1) is 0 Å². The van der Waals surface area contributed by atoms with E-state index < -0.39 is 50.8 Å². The summed E-state index contributed by atoms with van der Waals surface area (Å²) in [6, 6.07) is 8.28. The van der Waals surface area contributed by atoms with Crippen molar-refractivity contribution < 1.29 is 35.9 Å². The summed E-state index contributed by atoms with van der Waals surface area (Å²) >= 11 is 12.2. The highest BCUT2D eigenvalue weighted by molar-refractivity contribution is 7.92. The second-order valence-electron chi connectivity index (χ2n) is 9.30. The Morgan fingerprint density at radius 1 is 1.10 bits per heavy atom. The smallest absolute Gasteiger partial charge is 0.416 e. The average Bonchev–Trinajstić information content (AvgIpc) is 2.87. The van der Waals surface area contributed by atoms with Crippen LogP contribution in [0.1, 0.15) is 35.5 Å². The molecule has 0 aliphatic carbocycles. The summed E-state index contributed by atoms with van der Waals surface area (Å²) < 4.78 is 73.6. The number of nitrogens with zero attached hydrogens (tertiary/aromatic N) is 2. The molecule has 218 valence electrons. The molecule has 15 heteroatoms. The first kappa shape index (κ1) is 30.4. The van der Waals surface area contributed by atoms with Gasteiger partial charge in [-0.3, -0.25) is 14.1 Å². The summed E-state index contributed by atoms with van der Waals surface area (Å²) in [4.78, 5) is 28.8. The van der Waals surface area contributed by atoms with Crippen LogP contribution in [0, 0.1) is 0 Å². The van der Waals surface area contributed by atoms with E-state index in [1.165, 1.54) is 24.4 Å². The third-order valence-electron chi connectivity index (χ3n) is 5.90. The number of hydrogen-bond donors (Lipinski definition) is 2. The van der Waals surface area contributed by atoms with Gasteiger partial charge >= 0.3 is 12.3 Å². The molecule has 3 aromatic rings.